The molecule has 0 radical (unpaired) electrons. The van der Waals surface area contributed by atoms with Gasteiger partial charge in [0.1, 0.15) is 11.5 Å². The topological polar surface area (TPSA) is 29.5 Å². The van der Waals surface area contributed by atoms with Crippen LogP contribution in [0, 0.1) is 0 Å². The molecule has 0 saturated heterocycles. The van der Waals surface area contributed by atoms with Gasteiger partial charge in [0.15, 0.2) is 0 Å². The summed E-state index contributed by atoms with van der Waals surface area (Å²) in [6, 6.07) is 15.9. The van der Waals surface area contributed by atoms with Crippen LogP contribution in [-0.4, -0.2) is 5.11 Å². The molecule has 0 aliphatic rings. The van der Waals surface area contributed by atoms with Gasteiger partial charge in [-0.25, -0.2) is 0 Å². The fourth-order valence-electron chi connectivity index (χ4n) is 2.39. The summed E-state index contributed by atoms with van der Waals surface area (Å²) in [4.78, 5) is 0. The number of hydrogen-bond donors (Lipinski definition) is 1. The minimum atomic E-state index is -0.489. The Kier molecular flexibility index (Phi) is 5.40. The van der Waals surface area contributed by atoms with Crippen molar-refractivity contribution in [2.45, 2.75) is 45.6 Å². The van der Waals surface area contributed by atoms with Crippen LogP contribution in [-0.2, 0) is 0 Å². The molecule has 112 valence electrons. The van der Waals surface area contributed by atoms with Crippen LogP contribution in [0.15, 0.2) is 48.5 Å². The van der Waals surface area contributed by atoms with Gasteiger partial charge in [0.25, 0.3) is 0 Å². The second-order valence-electron chi connectivity index (χ2n) is 5.41. The Bertz CT molecular complexity index is 526. The average Bonchev–Trinajstić information content (AvgIpc) is 2.54. The molecule has 0 fully saturated rings. The average molecular weight is 284 g/mol. The van der Waals surface area contributed by atoms with Crippen molar-refractivity contribution in [3.05, 3.63) is 59.7 Å². The van der Waals surface area contributed by atoms with E-state index in [9.17, 15) is 5.11 Å². The van der Waals surface area contributed by atoms with Gasteiger partial charge in [0, 0.05) is 5.56 Å². The Morgan fingerprint density at radius 1 is 0.857 bits per heavy atom. The molecule has 0 aliphatic heterocycles. The van der Waals surface area contributed by atoms with E-state index in [2.05, 4.69) is 19.9 Å². The molecule has 0 heterocycles. The second kappa shape index (κ2) is 7.28. The van der Waals surface area contributed by atoms with Crippen molar-refractivity contribution in [2.24, 2.45) is 0 Å². The fraction of sp³-hybridized carbons (Fsp3) is 0.368. The summed E-state index contributed by atoms with van der Waals surface area (Å²) < 4.78 is 6.13. The lowest BCUT2D eigenvalue weighted by Gasteiger charge is -2.18. The van der Waals surface area contributed by atoms with Gasteiger partial charge in [-0.15, -0.1) is 0 Å². The molecule has 2 rings (SSSR count). The first-order valence-electron chi connectivity index (χ1n) is 7.71. The van der Waals surface area contributed by atoms with Crippen LogP contribution < -0.4 is 4.74 Å². The minimum Gasteiger partial charge on any atom is -0.457 e. The van der Waals surface area contributed by atoms with Crippen LogP contribution in [0.3, 0.4) is 0 Å². The summed E-state index contributed by atoms with van der Waals surface area (Å²) in [6.07, 6.45) is 1.25. The molecule has 0 amide bonds. The minimum absolute atomic E-state index is 0.449. The Labute approximate surface area is 127 Å². The summed E-state index contributed by atoms with van der Waals surface area (Å²) in [5.41, 5.74) is 2.06. The molecule has 0 aromatic heterocycles. The molecule has 0 aliphatic carbocycles. The van der Waals surface area contributed by atoms with Crippen LogP contribution in [0.4, 0.5) is 0 Å². The molecular formula is C19H24O2. The zero-order chi connectivity index (χ0) is 15.2. The third kappa shape index (κ3) is 3.64. The molecule has 2 aromatic carbocycles. The molecular weight excluding hydrogens is 260 g/mol. The lowest BCUT2D eigenvalue weighted by molar-refractivity contribution is 0.170. The van der Waals surface area contributed by atoms with Gasteiger partial charge in [0.05, 0.1) is 6.10 Å². The second-order valence-corrected chi connectivity index (χ2v) is 5.41. The first-order valence-corrected chi connectivity index (χ1v) is 7.71. The van der Waals surface area contributed by atoms with Crippen molar-refractivity contribution in [3.63, 3.8) is 0 Å². The third-order valence-corrected chi connectivity index (χ3v) is 3.95. The number of aliphatic hydroxyl groups excluding tert-OH is 1. The maximum atomic E-state index is 10.1. The van der Waals surface area contributed by atoms with Crippen molar-refractivity contribution in [2.75, 3.05) is 0 Å². The van der Waals surface area contributed by atoms with Crippen molar-refractivity contribution >= 4 is 0 Å². The smallest absolute Gasteiger partial charge is 0.133 e. The molecule has 21 heavy (non-hydrogen) atoms. The summed E-state index contributed by atoms with van der Waals surface area (Å²) in [5.74, 6) is 2.06. The Morgan fingerprint density at radius 3 is 1.95 bits per heavy atom. The Morgan fingerprint density at radius 2 is 1.38 bits per heavy atom. The van der Waals surface area contributed by atoms with Crippen molar-refractivity contribution in [1.82, 2.24) is 0 Å². The molecule has 0 bridgehead atoms. The summed E-state index contributed by atoms with van der Waals surface area (Å²) >= 11 is 0. The Hall–Kier alpha value is -1.80. The zero-order valence-electron chi connectivity index (χ0n) is 13.0. The number of rotatable bonds is 6. The van der Waals surface area contributed by atoms with Crippen LogP contribution in [0.2, 0.25) is 0 Å². The molecule has 1 N–H and O–H groups in total. The SMILES string of the molecule is CCC(C)c1ccccc1Oc1ccccc1[C@H](O)CC. The summed E-state index contributed by atoms with van der Waals surface area (Å²) in [6.45, 7) is 6.35. The van der Waals surface area contributed by atoms with Gasteiger partial charge < -0.3 is 9.84 Å². The lowest BCUT2D eigenvalue weighted by atomic mass is 9.97. The van der Waals surface area contributed by atoms with Gasteiger partial charge in [-0.3, -0.25) is 0 Å². The van der Waals surface area contributed by atoms with Gasteiger partial charge in [-0.05, 0) is 36.5 Å². The summed E-state index contributed by atoms with van der Waals surface area (Å²) in [5, 5.41) is 10.1. The van der Waals surface area contributed by atoms with E-state index in [0.717, 1.165) is 23.5 Å². The quantitative estimate of drug-likeness (QED) is 0.765. The number of hydrogen-bond acceptors (Lipinski definition) is 2. The number of ether oxygens (including phenoxy) is 1. The van der Waals surface area contributed by atoms with E-state index < -0.39 is 6.10 Å². The standard InChI is InChI=1S/C19H24O2/c1-4-14(3)15-10-6-8-12-18(15)21-19-13-9-7-11-16(19)17(20)5-2/h6-14,17,20H,4-5H2,1-3H3/t14?,17-/m1/s1. The molecule has 2 aromatic rings. The molecule has 2 atom stereocenters. The van der Waals surface area contributed by atoms with E-state index in [0.29, 0.717) is 12.3 Å². The van der Waals surface area contributed by atoms with Crippen LogP contribution in [0.5, 0.6) is 11.5 Å². The third-order valence-electron chi connectivity index (χ3n) is 3.95. The molecule has 2 heteroatoms. The van der Waals surface area contributed by atoms with Gasteiger partial charge in [-0.2, -0.15) is 0 Å². The molecule has 1 unspecified atom stereocenters. The van der Waals surface area contributed by atoms with E-state index in [1.165, 1.54) is 5.56 Å². The van der Waals surface area contributed by atoms with Crippen LogP contribution in [0.25, 0.3) is 0 Å². The highest BCUT2D eigenvalue weighted by Gasteiger charge is 2.15. The van der Waals surface area contributed by atoms with E-state index in [1.54, 1.807) is 0 Å². The maximum absolute atomic E-state index is 10.1. The van der Waals surface area contributed by atoms with Gasteiger partial charge >= 0.3 is 0 Å². The first kappa shape index (κ1) is 15.6. The first-order chi connectivity index (χ1) is 10.2. The molecule has 0 saturated carbocycles. The largest absolute Gasteiger partial charge is 0.457 e. The monoisotopic (exact) mass is 284 g/mol. The molecule has 0 spiro atoms. The van der Waals surface area contributed by atoms with Crippen molar-refractivity contribution in [3.8, 4) is 11.5 Å². The number of para-hydroxylation sites is 2. The van der Waals surface area contributed by atoms with E-state index in [4.69, 9.17) is 4.74 Å². The molecule has 2 nitrogen and oxygen atoms in total. The fourth-order valence-corrected chi connectivity index (χ4v) is 2.39. The van der Waals surface area contributed by atoms with E-state index >= 15 is 0 Å². The number of aliphatic hydroxyl groups is 1. The van der Waals surface area contributed by atoms with Gasteiger partial charge in [-0.1, -0.05) is 57.2 Å². The zero-order valence-corrected chi connectivity index (χ0v) is 13.0. The van der Waals surface area contributed by atoms with Crippen molar-refractivity contribution < 1.29 is 9.84 Å². The predicted octanol–water partition coefficient (Wildman–Crippen LogP) is 5.44. The Balaban J connectivity index is 2.35. The van der Waals surface area contributed by atoms with Crippen LogP contribution >= 0.6 is 0 Å². The highest BCUT2D eigenvalue weighted by molar-refractivity contribution is 5.43. The predicted molar refractivity (Wildman–Crippen MR) is 86.9 cm³/mol. The van der Waals surface area contributed by atoms with Crippen molar-refractivity contribution in [1.29, 1.82) is 0 Å². The highest BCUT2D eigenvalue weighted by Crippen LogP contribution is 2.35. The number of benzene rings is 2. The summed E-state index contributed by atoms with van der Waals surface area (Å²) in [7, 11) is 0. The van der Waals surface area contributed by atoms with Gasteiger partial charge in [0.2, 0.25) is 0 Å². The van der Waals surface area contributed by atoms with E-state index in [1.807, 2.05) is 49.4 Å². The lowest BCUT2D eigenvalue weighted by Crippen LogP contribution is -2.01. The maximum Gasteiger partial charge on any atom is 0.133 e. The van der Waals surface area contributed by atoms with Crippen LogP contribution in [0.1, 0.15) is 56.8 Å². The normalized spacial score (nSPS) is 13.7. The highest BCUT2D eigenvalue weighted by atomic mass is 16.5. The van der Waals surface area contributed by atoms with E-state index in [-0.39, 0.29) is 0 Å².